The number of benzene rings is 1. The van der Waals surface area contributed by atoms with Crippen LogP contribution in [0.1, 0.15) is 11.1 Å². The summed E-state index contributed by atoms with van der Waals surface area (Å²) >= 11 is 5.04. The van der Waals surface area contributed by atoms with E-state index in [1.165, 1.54) is 4.31 Å². The third-order valence-corrected chi connectivity index (χ3v) is 6.75. The van der Waals surface area contributed by atoms with E-state index in [1.54, 1.807) is 24.9 Å². The van der Waals surface area contributed by atoms with E-state index in [4.69, 9.17) is 0 Å². The molecule has 0 bridgehead atoms. The van der Waals surface area contributed by atoms with Gasteiger partial charge in [0.2, 0.25) is 10.0 Å². The molecule has 0 radical (unpaired) electrons. The van der Waals surface area contributed by atoms with Crippen molar-refractivity contribution in [2.75, 3.05) is 32.6 Å². The van der Waals surface area contributed by atoms with E-state index in [0.29, 0.717) is 22.5 Å². The van der Waals surface area contributed by atoms with Gasteiger partial charge in [0.05, 0.1) is 4.90 Å². The molecule has 1 aromatic carbocycles. The summed E-state index contributed by atoms with van der Waals surface area (Å²) in [6.45, 7) is 3.06. The minimum Gasteiger partial charge on any atom is -0.316 e. The van der Waals surface area contributed by atoms with Gasteiger partial charge in [-0.15, -0.1) is 0 Å². The van der Waals surface area contributed by atoms with Gasteiger partial charge in [-0.05, 0) is 53.4 Å². The molecule has 0 heterocycles. The first-order valence-corrected chi connectivity index (χ1v) is 9.86. The number of hydrogen-bond donors (Lipinski definition) is 1. The van der Waals surface area contributed by atoms with Crippen LogP contribution in [0.2, 0.25) is 0 Å². The Hall–Kier alpha value is -0.0800. The average Bonchev–Trinajstić information content (AvgIpc) is 2.39. The van der Waals surface area contributed by atoms with Crippen LogP contribution in [0.25, 0.3) is 0 Å². The summed E-state index contributed by atoms with van der Waals surface area (Å²) in [4.78, 5) is 0.339. The van der Waals surface area contributed by atoms with E-state index in [9.17, 15) is 8.42 Å². The van der Waals surface area contributed by atoms with E-state index in [-0.39, 0.29) is 0 Å². The molecule has 0 unspecified atom stereocenters. The number of sulfonamides is 1. The second-order valence-corrected chi connectivity index (χ2v) is 8.37. The van der Waals surface area contributed by atoms with Crippen molar-refractivity contribution in [3.8, 4) is 0 Å². The molecule has 4 nitrogen and oxygen atoms in total. The molecule has 1 aromatic rings. The van der Waals surface area contributed by atoms with Gasteiger partial charge in [-0.3, -0.25) is 0 Å². The number of rotatable bonds is 7. The summed E-state index contributed by atoms with van der Waals surface area (Å²) in [7, 11) is 0.00662. The van der Waals surface area contributed by atoms with Crippen LogP contribution in [0.15, 0.2) is 21.5 Å². The lowest BCUT2D eigenvalue weighted by atomic mass is 10.1. The molecule has 0 saturated carbocycles. The maximum absolute atomic E-state index is 12.6. The highest BCUT2D eigenvalue weighted by Crippen LogP contribution is 2.29. The minimum absolute atomic E-state index is 0.339. The maximum Gasteiger partial charge on any atom is 0.243 e. The molecule has 0 aliphatic heterocycles. The normalized spacial score (nSPS) is 12.1. The maximum atomic E-state index is 12.6. The Morgan fingerprint density at radius 3 is 2.60 bits per heavy atom. The summed E-state index contributed by atoms with van der Waals surface area (Å²) in [6.07, 6.45) is 1.97. The van der Waals surface area contributed by atoms with E-state index >= 15 is 0 Å². The summed E-state index contributed by atoms with van der Waals surface area (Å²) in [5.74, 6) is 0.780. The molecule has 0 aliphatic rings. The lowest BCUT2D eigenvalue weighted by molar-refractivity contribution is 0.488. The highest BCUT2D eigenvalue weighted by molar-refractivity contribution is 9.10. The highest BCUT2D eigenvalue weighted by Gasteiger charge is 2.24. The Kier molecular flexibility index (Phi) is 7.00. The molecular formula is C13H21BrN2O2S2. The van der Waals surface area contributed by atoms with E-state index in [1.807, 2.05) is 26.3 Å². The van der Waals surface area contributed by atoms with Gasteiger partial charge in [-0.2, -0.15) is 11.8 Å². The van der Waals surface area contributed by atoms with Crippen molar-refractivity contribution in [3.05, 3.63) is 27.7 Å². The fraction of sp³-hybridized carbons (Fsp3) is 0.538. The lowest BCUT2D eigenvalue weighted by Crippen LogP contribution is -2.29. The number of thioether (sulfide) groups is 1. The third kappa shape index (κ3) is 4.21. The molecule has 0 spiro atoms. The molecule has 0 atom stereocenters. The number of nitrogens with one attached hydrogen (secondary N) is 1. The van der Waals surface area contributed by atoms with Crippen molar-refractivity contribution < 1.29 is 8.42 Å². The summed E-state index contributed by atoms with van der Waals surface area (Å²) in [5.41, 5.74) is 1.89. The zero-order valence-electron chi connectivity index (χ0n) is 12.2. The van der Waals surface area contributed by atoms with Gasteiger partial charge in [0.25, 0.3) is 0 Å². The van der Waals surface area contributed by atoms with Crippen LogP contribution in [-0.2, 0) is 16.6 Å². The average molecular weight is 381 g/mol. The van der Waals surface area contributed by atoms with Crippen molar-refractivity contribution in [2.24, 2.45) is 0 Å². The van der Waals surface area contributed by atoms with Crippen molar-refractivity contribution in [1.82, 2.24) is 9.62 Å². The smallest absolute Gasteiger partial charge is 0.243 e. The second kappa shape index (κ2) is 7.79. The summed E-state index contributed by atoms with van der Waals surface area (Å²) < 4.78 is 27.3. The predicted molar refractivity (Wildman–Crippen MR) is 89.8 cm³/mol. The molecule has 1 N–H and O–H groups in total. The fourth-order valence-electron chi connectivity index (χ4n) is 1.81. The molecule has 0 fully saturated rings. The molecule has 0 amide bonds. The largest absolute Gasteiger partial charge is 0.316 e. The van der Waals surface area contributed by atoms with Gasteiger partial charge < -0.3 is 5.32 Å². The highest BCUT2D eigenvalue weighted by atomic mass is 79.9. The van der Waals surface area contributed by atoms with E-state index in [0.717, 1.165) is 16.9 Å². The Morgan fingerprint density at radius 1 is 1.40 bits per heavy atom. The first-order valence-electron chi connectivity index (χ1n) is 6.23. The monoisotopic (exact) mass is 380 g/mol. The number of hydrogen-bond acceptors (Lipinski definition) is 4. The van der Waals surface area contributed by atoms with Gasteiger partial charge in [-0.25, -0.2) is 12.7 Å². The van der Waals surface area contributed by atoms with Gasteiger partial charge in [-0.1, -0.05) is 6.07 Å². The fourth-order valence-corrected chi connectivity index (χ4v) is 4.58. The summed E-state index contributed by atoms with van der Waals surface area (Å²) in [5, 5.41) is 3.05. The Balaban J connectivity index is 3.22. The van der Waals surface area contributed by atoms with Crippen LogP contribution in [-0.4, -0.2) is 45.4 Å². The molecule has 114 valence electrons. The zero-order valence-corrected chi connectivity index (χ0v) is 15.5. The molecule has 0 aliphatic carbocycles. The summed E-state index contributed by atoms with van der Waals surface area (Å²) in [6, 6.07) is 3.72. The van der Waals surface area contributed by atoms with Crippen molar-refractivity contribution in [3.63, 3.8) is 0 Å². The molecular weight excluding hydrogens is 360 g/mol. The van der Waals surface area contributed by atoms with Crippen LogP contribution >= 0.6 is 27.7 Å². The zero-order chi connectivity index (χ0) is 15.3. The SMILES string of the molecule is CNCc1cc(C)c(Br)c(S(=O)(=O)N(C)CCSC)c1. The lowest BCUT2D eigenvalue weighted by Gasteiger charge is -2.19. The van der Waals surface area contributed by atoms with Crippen LogP contribution < -0.4 is 5.32 Å². The Bertz CT molecular complexity index is 562. The topological polar surface area (TPSA) is 49.4 Å². The molecule has 7 heteroatoms. The van der Waals surface area contributed by atoms with E-state index in [2.05, 4.69) is 21.2 Å². The second-order valence-electron chi connectivity index (χ2n) is 4.57. The molecule has 0 aromatic heterocycles. The molecule has 1 rings (SSSR count). The minimum atomic E-state index is -3.46. The van der Waals surface area contributed by atoms with Gasteiger partial charge in [0.1, 0.15) is 0 Å². The molecule has 0 saturated heterocycles. The van der Waals surface area contributed by atoms with Crippen LogP contribution in [0, 0.1) is 6.92 Å². The Labute approximate surface area is 134 Å². The van der Waals surface area contributed by atoms with Crippen LogP contribution in [0.5, 0.6) is 0 Å². The van der Waals surface area contributed by atoms with Crippen molar-refractivity contribution in [1.29, 1.82) is 0 Å². The van der Waals surface area contributed by atoms with Crippen LogP contribution in [0.3, 0.4) is 0 Å². The van der Waals surface area contributed by atoms with Gasteiger partial charge in [0.15, 0.2) is 0 Å². The van der Waals surface area contributed by atoms with E-state index < -0.39 is 10.0 Å². The van der Waals surface area contributed by atoms with Gasteiger partial charge in [0, 0.05) is 30.4 Å². The quantitative estimate of drug-likeness (QED) is 0.788. The van der Waals surface area contributed by atoms with Crippen molar-refractivity contribution >= 4 is 37.7 Å². The van der Waals surface area contributed by atoms with Gasteiger partial charge >= 0.3 is 0 Å². The first-order chi connectivity index (χ1) is 9.34. The third-order valence-electron chi connectivity index (χ3n) is 2.96. The standard InChI is InChI=1S/C13H21BrN2O2S2/c1-10-7-11(9-15-2)8-12(13(10)14)20(17,18)16(3)5-6-19-4/h7-8,15H,5-6,9H2,1-4H3. The molecule has 20 heavy (non-hydrogen) atoms. The number of nitrogens with zero attached hydrogens (tertiary/aromatic N) is 1. The Morgan fingerprint density at radius 2 is 2.05 bits per heavy atom. The first kappa shape index (κ1) is 18.0. The predicted octanol–water partition coefficient (Wildman–Crippen LogP) is 2.46. The number of aryl methyl sites for hydroxylation is 1. The van der Waals surface area contributed by atoms with Crippen LogP contribution in [0.4, 0.5) is 0 Å². The van der Waals surface area contributed by atoms with Crippen molar-refractivity contribution in [2.45, 2.75) is 18.4 Å². The number of halogens is 1.